The normalized spacial score (nSPS) is 21.9. The zero-order valence-electron chi connectivity index (χ0n) is 26.8. The number of benzene rings is 2. The first-order chi connectivity index (χ1) is 22.8. The Morgan fingerprint density at radius 1 is 0.936 bits per heavy atom. The second-order valence-electron chi connectivity index (χ2n) is 12.9. The van der Waals surface area contributed by atoms with Crippen LogP contribution in [0.1, 0.15) is 61.7 Å². The third-order valence-corrected chi connectivity index (χ3v) is 9.76. The summed E-state index contributed by atoms with van der Waals surface area (Å²) in [6.45, 7) is 5.57. The van der Waals surface area contributed by atoms with Gasteiger partial charge in [0.05, 0.1) is 37.2 Å². The minimum absolute atomic E-state index is 0.0197. The van der Waals surface area contributed by atoms with E-state index in [1.807, 2.05) is 4.90 Å². The molecular formula is C35H44FN5O6. The van der Waals surface area contributed by atoms with E-state index in [0.717, 1.165) is 52.1 Å². The largest absolute Gasteiger partial charge is 0.492 e. The Hall–Kier alpha value is -4.03. The number of hydrogen-bond acceptors (Lipinski definition) is 8. The SMILES string of the molecule is O=C(NC1(C(=O)NC2CCN(c3ccc(F)cc3N3CCCC3=O)CC2=O)CCCCC1)c1ccc(OCCN2CCOCC2)cc1. The van der Waals surface area contributed by atoms with Crippen LogP contribution in [0, 0.1) is 5.82 Å². The fourth-order valence-corrected chi connectivity index (χ4v) is 7.03. The van der Waals surface area contributed by atoms with Crippen LogP contribution in [0.25, 0.3) is 0 Å². The van der Waals surface area contributed by atoms with Gasteiger partial charge in [0.15, 0.2) is 5.78 Å². The predicted molar refractivity (Wildman–Crippen MR) is 174 cm³/mol. The first-order valence-corrected chi connectivity index (χ1v) is 16.9. The first-order valence-electron chi connectivity index (χ1n) is 16.9. The number of carbonyl (C=O) groups is 4. The number of piperidine rings is 1. The molecule has 0 spiro atoms. The number of nitrogens with zero attached hydrogens (tertiary/aromatic N) is 3. The summed E-state index contributed by atoms with van der Waals surface area (Å²) in [5, 5.41) is 6.00. The van der Waals surface area contributed by atoms with Gasteiger partial charge >= 0.3 is 0 Å². The van der Waals surface area contributed by atoms with Crippen molar-refractivity contribution in [2.75, 3.05) is 68.9 Å². The number of Topliss-reactive ketones (excluding diaryl/α,β-unsaturated/α-hetero) is 1. The number of amides is 3. The summed E-state index contributed by atoms with van der Waals surface area (Å²) in [4.78, 5) is 58.8. The van der Waals surface area contributed by atoms with Crippen LogP contribution >= 0.6 is 0 Å². The lowest BCUT2D eigenvalue weighted by molar-refractivity contribution is -0.133. The highest BCUT2D eigenvalue weighted by molar-refractivity contribution is 6.02. The fourth-order valence-electron chi connectivity index (χ4n) is 7.03. The maximum Gasteiger partial charge on any atom is 0.252 e. The number of carbonyl (C=O) groups excluding carboxylic acids is 4. The molecule has 12 heteroatoms. The van der Waals surface area contributed by atoms with Crippen LogP contribution in [-0.4, -0.2) is 99.1 Å². The molecule has 252 valence electrons. The van der Waals surface area contributed by atoms with E-state index in [9.17, 15) is 23.6 Å². The number of hydrogen-bond donors (Lipinski definition) is 2. The van der Waals surface area contributed by atoms with Crippen LogP contribution in [0.4, 0.5) is 15.8 Å². The van der Waals surface area contributed by atoms with E-state index >= 15 is 0 Å². The number of anilines is 2. The summed E-state index contributed by atoms with van der Waals surface area (Å²) in [5.74, 6) is -0.693. The fraction of sp³-hybridized carbons (Fsp3) is 0.543. The number of rotatable bonds is 10. The monoisotopic (exact) mass is 649 g/mol. The minimum Gasteiger partial charge on any atom is -0.492 e. The van der Waals surface area contributed by atoms with E-state index in [2.05, 4.69) is 15.5 Å². The van der Waals surface area contributed by atoms with Gasteiger partial charge in [0.1, 0.15) is 23.7 Å². The molecule has 11 nitrogen and oxygen atoms in total. The smallest absolute Gasteiger partial charge is 0.252 e. The van der Waals surface area contributed by atoms with E-state index in [0.29, 0.717) is 74.5 Å². The Morgan fingerprint density at radius 2 is 1.70 bits per heavy atom. The van der Waals surface area contributed by atoms with Crippen LogP contribution in [0.15, 0.2) is 42.5 Å². The van der Waals surface area contributed by atoms with Gasteiger partial charge in [-0.25, -0.2) is 4.39 Å². The van der Waals surface area contributed by atoms with Crippen molar-refractivity contribution in [1.82, 2.24) is 15.5 Å². The van der Waals surface area contributed by atoms with Crippen LogP contribution < -0.4 is 25.2 Å². The van der Waals surface area contributed by atoms with Crippen molar-refractivity contribution in [3.8, 4) is 5.75 Å². The van der Waals surface area contributed by atoms with E-state index in [1.165, 1.54) is 12.1 Å². The standard InChI is InChI=1S/C35H44FN5O6/c36-26-8-11-29(30(23-26)41-15-4-5-32(41)43)40-16-12-28(31(42)24-40)37-34(45)35(13-2-1-3-14-35)38-33(44)25-6-9-27(10-7-25)47-22-19-39-17-20-46-21-18-39/h6-11,23,28H,1-5,12-22,24H2,(H,37,45)(H,38,44). The number of ketones is 1. The van der Waals surface area contributed by atoms with Gasteiger partial charge in [-0.1, -0.05) is 19.3 Å². The molecule has 1 aliphatic carbocycles. The topological polar surface area (TPSA) is 121 Å². The third kappa shape index (κ3) is 7.76. The van der Waals surface area contributed by atoms with Gasteiger partial charge in [0.25, 0.3) is 5.91 Å². The van der Waals surface area contributed by atoms with Crippen LogP contribution in [0.3, 0.4) is 0 Å². The lowest BCUT2D eigenvalue weighted by atomic mass is 9.80. The zero-order valence-corrected chi connectivity index (χ0v) is 26.8. The maximum absolute atomic E-state index is 14.2. The summed E-state index contributed by atoms with van der Waals surface area (Å²) in [6, 6.07) is 10.5. The quantitative estimate of drug-likeness (QED) is 0.403. The van der Waals surface area contributed by atoms with E-state index in [4.69, 9.17) is 9.47 Å². The molecule has 4 fully saturated rings. The Kier molecular flexibility index (Phi) is 10.4. The summed E-state index contributed by atoms with van der Waals surface area (Å²) < 4.78 is 25.5. The molecular weight excluding hydrogens is 605 g/mol. The third-order valence-electron chi connectivity index (χ3n) is 9.76. The van der Waals surface area contributed by atoms with E-state index < -0.39 is 17.4 Å². The van der Waals surface area contributed by atoms with Crippen LogP contribution in [-0.2, 0) is 19.1 Å². The average Bonchev–Trinajstić information content (AvgIpc) is 3.52. The molecule has 1 unspecified atom stereocenters. The molecule has 3 heterocycles. The van der Waals surface area contributed by atoms with Gasteiger partial charge in [0, 0.05) is 44.7 Å². The van der Waals surface area contributed by atoms with Gasteiger partial charge in [0.2, 0.25) is 11.8 Å². The minimum atomic E-state index is -1.11. The molecule has 3 amide bonds. The van der Waals surface area contributed by atoms with Crippen molar-refractivity contribution < 1.29 is 33.0 Å². The second kappa shape index (κ2) is 14.8. The Morgan fingerprint density at radius 3 is 2.40 bits per heavy atom. The molecule has 2 N–H and O–H groups in total. The van der Waals surface area contributed by atoms with Crippen molar-refractivity contribution in [2.24, 2.45) is 0 Å². The summed E-state index contributed by atoms with van der Waals surface area (Å²) in [7, 11) is 0. The molecule has 6 rings (SSSR count). The van der Waals surface area contributed by atoms with Crippen molar-refractivity contribution in [3.63, 3.8) is 0 Å². The maximum atomic E-state index is 14.2. The molecule has 2 aromatic carbocycles. The lowest BCUT2D eigenvalue weighted by Crippen LogP contribution is -2.63. The number of morpholine rings is 1. The molecule has 2 aromatic rings. The molecule has 1 atom stereocenters. The molecule has 0 radical (unpaired) electrons. The summed E-state index contributed by atoms with van der Waals surface area (Å²) in [5.41, 5.74) is 0.420. The Labute approximate surface area is 274 Å². The van der Waals surface area contributed by atoms with Crippen LogP contribution in [0.5, 0.6) is 5.75 Å². The second-order valence-corrected chi connectivity index (χ2v) is 12.9. The zero-order chi connectivity index (χ0) is 32.8. The molecule has 1 saturated carbocycles. The number of halogens is 1. The highest BCUT2D eigenvalue weighted by Gasteiger charge is 2.43. The molecule has 4 aliphatic rings. The number of nitrogens with one attached hydrogen (secondary N) is 2. The average molecular weight is 650 g/mol. The first kappa shape index (κ1) is 32.9. The van der Waals surface area contributed by atoms with Gasteiger partial charge in [-0.05, 0) is 68.1 Å². The van der Waals surface area contributed by atoms with Gasteiger partial charge in [-0.15, -0.1) is 0 Å². The molecule has 0 aromatic heterocycles. The van der Waals surface area contributed by atoms with Crippen molar-refractivity contribution in [2.45, 2.75) is 62.9 Å². The van der Waals surface area contributed by atoms with Crippen LogP contribution in [0.2, 0.25) is 0 Å². The highest BCUT2D eigenvalue weighted by atomic mass is 19.1. The van der Waals surface area contributed by atoms with Gasteiger partial charge in [-0.3, -0.25) is 24.1 Å². The highest BCUT2D eigenvalue weighted by Crippen LogP contribution is 2.35. The molecule has 47 heavy (non-hydrogen) atoms. The molecule has 0 bridgehead atoms. The van der Waals surface area contributed by atoms with Crippen molar-refractivity contribution in [1.29, 1.82) is 0 Å². The predicted octanol–water partition coefficient (Wildman–Crippen LogP) is 3.06. The van der Waals surface area contributed by atoms with Crippen molar-refractivity contribution >= 4 is 34.9 Å². The molecule has 3 aliphatic heterocycles. The van der Waals surface area contributed by atoms with E-state index in [-0.39, 0.29) is 30.0 Å². The van der Waals surface area contributed by atoms with Gasteiger partial charge in [-0.2, -0.15) is 0 Å². The Balaban J connectivity index is 1.06. The van der Waals surface area contributed by atoms with E-state index in [1.54, 1.807) is 35.2 Å². The molecule has 3 saturated heterocycles. The lowest BCUT2D eigenvalue weighted by Gasteiger charge is -2.39. The van der Waals surface area contributed by atoms with Crippen molar-refractivity contribution in [3.05, 3.63) is 53.8 Å². The summed E-state index contributed by atoms with van der Waals surface area (Å²) in [6.07, 6.45) is 5.00. The van der Waals surface area contributed by atoms with Gasteiger partial charge < -0.3 is 29.9 Å². The summed E-state index contributed by atoms with van der Waals surface area (Å²) >= 11 is 0. The number of ether oxygens (including phenoxy) is 2. The Bertz CT molecular complexity index is 1460.